The first kappa shape index (κ1) is 18.1. The highest BCUT2D eigenvalue weighted by molar-refractivity contribution is 5.89. The Balaban J connectivity index is 1.44. The molecule has 2 amide bonds. The van der Waals surface area contributed by atoms with E-state index in [1.807, 2.05) is 0 Å². The highest BCUT2D eigenvalue weighted by Crippen LogP contribution is 2.45. The van der Waals surface area contributed by atoms with Gasteiger partial charge in [-0.2, -0.15) is 0 Å². The van der Waals surface area contributed by atoms with Gasteiger partial charge in [-0.25, -0.2) is 0 Å². The van der Waals surface area contributed by atoms with Gasteiger partial charge in [0, 0.05) is 12.1 Å². The molecule has 0 aromatic carbocycles. The Kier molecular flexibility index (Phi) is 5.66. The summed E-state index contributed by atoms with van der Waals surface area (Å²) in [4.78, 5) is 26.3. The molecular formula is C22H34N2O2. The van der Waals surface area contributed by atoms with Crippen LogP contribution in [0.5, 0.6) is 0 Å². The number of hydrogen-bond acceptors (Lipinski definition) is 2. The quantitative estimate of drug-likeness (QED) is 0.753. The second kappa shape index (κ2) is 8.14. The molecule has 0 spiro atoms. The zero-order chi connectivity index (χ0) is 17.9. The summed E-state index contributed by atoms with van der Waals surface area (Å²) in [7, 11) is 0. The molecule has 5 rings (SSSR count). The molecule has 0 radical (unpaired) electrons. The molecule has 0 aromatic heterocycles. The number of rotatable bonds is 4. The molecule has 4 atom stereocenters. The first-order valence-corrected chi connectivity index (χ1v) is 11.0. The number of hydrogen-bond donors (Lipinski definition) is 2. The van der Waals surface area contributed by atoms with Gasteiger partial charge in [0.25, 0.3) is 0 Å². The summed E-state index contributed by atoms with van der Waals surface area (Å²) in [5, 5.41) is 6.62. The lowest BCUT2D eigenvalue weighted by atomic mass is 9.61. The fourth-order valence-corrected chi connectivity index (χ4v) is 5.80. The number of carbonyl (C=O) groups excluding carboxylic acids is 2. The number of nitrogens with one attached hydrogen (secondary N) is 2. The summed E-state index contributed by atoms with van der Waals surface area (Å²) in [6, 6.07) is 0.644. The van der Waals surface area contributed by atoms with Crippen molar-refractivity contribution in [2.45, 2.75) is 89.1 Å². The third kappa shape index (κ3) is 3.84. The van der Waals surface area contributed by atoms with E-state index >= 15 is 0 Å². The molecule has 3 saturated carbocycles. The zero-order valence-electron chi connectivity index (χ0n) is 15.9. The second-order valence-electron chi connectivity index (χ2n) is 9.03. The predicted octanol–water partition coefficient (Wildman–Crippen LogP) is 3.71. The van der Waals surface area contributed by atoms with E-state index < -0.39 is 0 Å². The summed E-state index contributed by atoms with van der Waals surface area (Å²) in [6.45, 7) is 0. The standard InChI is InChI=1S/C22H34N2O2/c25-21(23-17-7-3-1-4-8-17)19-15-11-13-16(14-12-15)20(19)22(26)24-18-9-5-2-6-10-18/h11,13,15-20H,1-10,12,14H2,(H,23,25)(H,24,26). The van der Waals surface area contributed by atoms with Crippen molar-refractivity contribution < 1.29 is 9.59 Å². The molecule has 4 unspecified atom stereocenters. The van der Waals surface area contributed by atoms with E-state index in [1.165, 1.54) is 38.5 Å². The molecular weight excluding hydrogens is 324 g/mol. The highest BCUT2D eigenvalue weighted by Gasteiger charge is 2.48. The minimum absolute atomic E-state index is 0.139. The summed E-state index contributed by atoms with van der Waals surface area (Å²) < 4.78 is 0. The van der Waals surface area contributed by atoms with Gasteiger partial charge in [-0.05, 0) is 50.4 Å². The van der Waals surface area contributed by atoms with Crippen LogP contribution in [0.1, 0.15) is 77.0 Å². The van der Waals surface area contributed by atoms with Crippen LogP contribution in [0.25, 0.3) is 0 Å². The fraction of sp³-hybridized carbons (Fsp3) is 0.818. The van der Waals surface area contributed by atoms with E-state index in [-0.39, 0.29) is 35.5 Å². The molecule has 2 N–H and O–H groups in total. The van der Waals surface area contributed by atoms with Gasteiger partial charge < -0.3 is 10.6 Å². The van der Waals surface area contributed by atoms with E-state index in [4.69, 9.17) is 0 Å². The van der Waals surface area contributed by atoms with Crippen LogP contribution in [-0.4, -0.2) is 23.9 Å². The maximum atomic E-state index is 13.1. The van der Waals surface area contributed by atoms with Crippen LogP contribution < -0.4 is 10.6 Å². The van der Waals surface area contributed by atoms with Crippen molar-refractivity contribution in [1.82, 2.24) is 10.6 Å². The van der Waals surface area contributed by atoms with Crippen LogP contribution in [0.15, 0.2) is 12.2 Å². The van der Waals surface area contributed by atoms with E-state index in [0.717, 1.165) is 38.5 Å². The Morgan fingerprint density at radius 1 is 0.577 bits per heavy atom. The first-order chi connectivity index (χ1) is 12.7. The maximum Gasteiger partial charge on any atom is 0.224 e. The minimum atomic E-state index is -0.163. The van der Waals surface area contributed by atoms with Gasteiger partial charge in [0.15, 0.2) is 0 Å². The van der Waals surface area contributed by atoms with Crippen molar-refractivity contribution in [2.24, 2.45) is 23.7 Å². The van der Waals surface area contributed by atoms with Gasteiger partial charge in [-0.3, -0.25) is 9.59 Å². The second-order valence-corrected chi connectivity index (χ2v) is 9.03. The van der Waals surface area contributed by atoms with Crippen molar-refractivity contribution in [3.05, 3.63) is 12.2 Å². The van der Waals surface area contributed by atoms with Crippen LogP contribution in [0.4, 0.5) is 0 Å². The van der Waals surface area contributed by atoms with Crippen LogP contribution in [0, 0.1) is 23.7 Å². The number of amides is 2. The topological polar surface area (TPSA) is 58.2 Å². The normalized spacial score (nSPS) is 35.2. The maximum absolute atomic E-state index is 13.1. The summed E-state index contributed by atoms with van der Waals surface area (Å²) in [5.41, 5.74) is 0. The lowest BCUT2D eigenvalue weighted by Crippen LogP contribution is -2.54. The van der Waals surface area contributed by atoms with Crippen molar-refractivity contribution in [3.8, 4) is 0 Å². The fourth-order valence-electron chi connectivity index (χ4n) is 5.80. The average Bonchev–Trinajstić information content (AvgIpc) is 2.69. The highest BCUT2D eigenvalue weighted by atomic mass is 16.2. The van der Waals surface area contributed by atoms with Crippen molar-refractivity contribution in [3.63, 3.8) is 0 Å². The molecule has 0 aliphatic heterocycles. The zero-order valence-corrected chi connectivity index (χ0v) is 15.9. The van der Waals surface area contributed by atoms with E-state index in [2.05, 4.69) is 22.8 Å². The lowest BCUT2D eigenvalue weighted by Gasteiger charge is -2.44. The van der Waals surface area contributed by atoms with Gasteiger partial charge in [0.05, 0.1) is 11.8 Å². The van der Waals surface area contributed by atoms with Gasteiger partial charge >= 0.3 is 0 Å². The number of allylic oxidation sites excluding steroid dienone is 2. The van der Waals surface area contributed by atoms with Crippen molar-refractivity contribution >= 4 is 11.8 Å². The Hall–Kier alpha value is -1.32. The SMILES string of the molecule is O=C(NC1CCCCC1)C1C2C=CC(CC2)C1C(=O)NC1CCCCC1. The molecule has 144 valence electrons. The molecule has 2 bridgehead atoms. The molecule has 5 aliphatic carbocycles. The van der Waals surface area contributed by atoms with Crippen LogP contribution in [-0.2, 0) is 9.59 Å². The third-order valence-electron chi connectivity index (χ3n) is 7.26. The molecule has 4 heteroatoms. The summed E-state index contributed by atoms with van der Waals surface area (Å²) in [6.07, 6.45) is 18.4. The van der Waals surface area contributed by atoms with Crippen LogP contribution in [0.3, 0.4) is 0 Å². The first-order valence-electron chi connectivity index (χ1n) is 11.0. The van der Waals surface area contributed by atoms with Gasteiger partial charge in [0.2, 0.25) is 11.8 Å². The Morgan fingerprint density at radius 3 is 1.31 bits per heavy atom. The predicted molar refractivity (Wildman–Crippen MR) is 102 cm³/mol. The minimum Gasteiger partial charge on any atom is -0.353 e. The van der Waals surface area contributed by atoms with E-state index in [0.29, 0.717) is 12.1 Å². The van der Waals surface area contributed by atoms with Gasteiger partial charge in [0.1, 0.15) is 0 Å². The largest absolute Gasteiger partial charge is 0.353 e. The summed E-state index contributed by atoms with van der Waals surface area (Å²) in [5.74, 6) is 0.435. The van der Waals surface area contributed by atoms with Gasteiger partial charge in [-0.15, -0.1) is 0 Å². The Bertz CT molecular complexity index is 498. The molecule has 5 aliphatic rings. The number of carbonyl (C=O) groups is 2. The Labute approximate surface area is 157 Å². The monoisotopic (exact) mass is 358 g/mol. The molecule has 4 nitrogen and oxygen atoms in total. The smallest absolute Gasteiger partial charge is 0.224 e. The van der Waals surface area contributed by atoms with Gasteiger partial charge in [-0.1, -0.05) is 50.7 Å². The van der Waals surface area contributed by atoms with E-state index in [9.17, 15) is 9.59 Å². The third-order valence-corrected chi connectivity index (χ3v) is 7.26. The Morgan fingerprint density at radius 2 is 0.962 bits per heavy atom. The summed E-state index contributed by atoms with van der Waals surface area (Å²) >= 11 is 0. The van der Waals surface area contributed by atoms with Crippen molar-refractivity contribution in [2.75, 3.05) is 0 Å². The molecule has 0 heterocycles. The molecule has 3 fully saturated rings. The van der Waals surface area contributed by atoms with Crippen LogP contribution in [0.2, 0.25) is 0 Å². The molecule has 0 saturated heterocycles. The van der Waals surface area contributed by atoms with Crippen molar-refractivity contribution in [1.29, 1.82) is 0 Å². The molecule has 26 heavy (non-hydrogen) atoms. The lowest BCUT2D eigenvalue weighted by molar-refractivity contribution is -0.141. The molecule has 0 aromatic rings. The van der Waals surface area contributed by atoms with Crippen LogP contribution >= 0.6 is 0 Å². The van der Waals surface area contributed by atoms with E-state index in [1.54, 1.807) is 0 Å². The average molecular weight is 359 g/mol. The number of fused-ring (bicyclic) bond motifs is 2.